The summed E-state index contributed by atoms with van der Waals surface area (Å²) in [5.74, 6) is 0. The van der Waals surface area contributed by atoms with Crippen LogP contribution in [0, 0.1) is 0 Å². The van der Waals surface area contributed by atoms with E-state index in [1.54, 1.807) is 0 Å². The van der Waals surface area contributed by atoms with Crippen LogP contribution < -0.4 is 5.32 Å². The molecule has 2 aromatic rings. The van der Waals surface area contributed by atoms with E-state index in [9.17, 15) is 5.11 Å². The SMILES string of the molecule is CCC(O)CCNCc1n[nH]nc1-c1ccccc1. The lowest BCUT2D eigenvalue weighted by Crippen LogP contribution is -2.20. The van der Waals surface area contributed by atoms with Gasteiger partial charge in [0.15, 0.2) is 0 Å². The third kappa shape index (κ3) is 3.87. The Bertz CT molecular complexity index is 483. The van der Waals surface area contributed by atoms with Gasteiger partial charge >= 0.3 is 0 Å². The highest BCUT2D eigenvalue weighted by Crippen LogP contribution is 2.18. The van der Waals surface area contributed by atoms with Crippen LogP contribution in [-0.2, 0) is 6.54 Å². The molecule has 1 aromatic carbocycles. The van der Waals surface area contributed by atoms with Crippen LogP contribution in [0.25, 0.3) is 11.3 Å². The van der Waals surface area contributed by atoms with Crippen molar-refractivity contribution < 1.29 is 5.11 Å². The fraction of sp³-hybridized carbons (Fsp3) is 0.429. The van der Waals surface area contributed by atoms with Gasteiger partial charge in [0.05, 0.1) is 6.10 Å². The molecule has 0 saturated carbocycles. The molecular weight excluding hydrogens is 240 g/mol. The predicted octanol–water partition coefficient (Wildman–Crippen LogP) is 1.72. The second-order valence-electron chi connectivity index (χ2n) is 4.51. The maximum Gasteiger partial charge on any atom is 0.117 e. The Morgan fingerprint density at radius 2 is 2.05 bits per heavy atom. The van der Waals surface area contributed by atoms with Crippen LogP contribution in [0.15, 0.2) is 30.3 Å². The molecule has 0 fully saturated rings. The van der Waals surface area contributed by atoms with Gasteiger partial charge in [0.2, 0.25) is 0 Å². The molecule has 0 spiro atoms. The number of nitrogens with zero attached hydrogens (tertiary/aromatic N) is 2. The van der Waals surface area contributed by atoms with Crippen LogP contribution >= 0.6 is 0 Å². The Morgan fingerprint density at radius 1 is 1.26 bits per heavy atom. The van der Waals surface area contributed by atoms with Crippen LogP contribution in [-0.4, -0.2) is 33.2 Å². The first kappa shape index (κ1) is 13.7. The molecule has 102 valence electrons. The number of hydrogen-bond acceptors (Lipinski definition) is 4. The molecule has 1 unspecified atom stereocenters. The van der Waals surface area contributed by atoms with Gasteiger partial charge in [-0.05, 0) is 19.4 Å². The third-order valence-corrected chi connectivity index (χ3v) is 3.09. The maximum absolute atomic E-state index is 9.47. The van der Waals surface area contributed by atoms with Crippen molar-refractivity contribution in [1.29, 1.82) is 0 Å². The van der Waals surface area contributed by atoms with E-state index in [0.717, 1.165) is 36.3 Å². The van der Waals surface area contributed by atoms with Crippen LogP contribution in [0.4, 0.5) is 0 Å². The summed E-state index contributed by atoms with van der Waals surface area (Å²) < 4.78 is 0. The second-order valence-corrected chi connectivity index (χ2v) is 4.51. The summed E-state index contributed by atoms with van der Waals surface area (Å²) in [6.07, 6.45) is 1.33. The van der Waals surface area contributed by atoms with Crippen molar-refractivity contribution in [2.24, 2.45) is 0 Å². The van der Waals surface area contributed by atoms with Gasteiger partial charge in [0, 0.05) is 12.1 Å². The molecule has 0 saturated heterocycles. The molecule has 1 heterocycles. The summed E-state index contributed by atoms with van der Waals surface area (Å²) in [5.41, 5.74) is 2.84. The van der Waals surface area contributed by atoms with E-state index < -0.39 is 0 Å². The van der Waals surface area contributed by atoms with Crippen LogP contribution in [0.2, 0.25) is 0 Å². The van der Waals surface area contributed by atoms with Gasteiger partial charge < -0.3 is 10.4 Å². The van der Waals surface area contributed by atoms with Crippen LogP contribution in [0.3, 0.4) is 0 Å². The van der Waals surface area contributed by atoms with Gasteiger partial charge in [-0.25, -0.2) is 0 Å². The van der Waals surface area contributed by atoms with Crippen molar-refractivity contribution in [2.45, 2.75) is 32.4 Å². The molecule has 2 rings (SSSR count). The molecule has 0 aliphatic heterocycles. The minimum Gasteiger partial charge on any atom is -0.393 e. The maximum atomic E-state index is 9.47. The largest absolute Gasteiger partial charge is 0.393 e. The van der Waals surface area contributed by atoms with Crippen molar-refractivity contribution in [1.82, 2.24) is 20.7 Å². The molecule has 3 N–H and O–H groups in total. The summed E-state index contributed by atoms with van der Waals surface area (Å²) in [6.45, 7) is 3.41. The number of aliphatic hydroxyl groups excluding tert-OH is 1. The highest BCUT2D eigenvalue weighted by atomic mass is 16.3. The first-order chi connectivity index (χ1) is 9.31. The molecule has 0 aliphatic rings. The predicted molar refractivity (Wildman–Crippen MR) is 74.4 cm³/mol. The van der Waals surface area contributed by atoms with E-state index in [1.807, 2.05) is 37.3 Å². The Morgan fingerprint density at radius 3 is 2.79 bits per heavy atom. The van der Waals surface area contributed by atoms with Crippen molar-refractivity contribution in [3.05, 3.63) is 36.0 Å². The third-order valence-electron chi connectivity index (χ3n) is 3.09. The zero-order valence-corrected chi connectivity index (χ0v) is 11.1. The molecule has 0 bridgehead atoms. The molecule has 0 aliphatic carbocycles. The van der Waals surface area contributed by atoms with Crippen LogP contribution in [0.5, 0.6) is 0 Å². The quantitative estimate of drug-likeness (QED) is 0.663. The number of aromatic nitrogens is 3. The Kier molecular flexibility index (Phi) is 5.06. The monoisotopic (exact) mass is 260 g/mol. The van der Waals surface area contributed by atoms with E-state index in [1.165, 1.54) is 0 Å². The zero-order valence-electron chi connectivity index (χ0n) is 11.1. The Hall–Kier alpha value is -1.72. The summed E-state index contributed by atoms with van der Waals surface area (Å²) in [4.78, 5) is 0. The molecule has 0 amide bonds. The minimum atomic E-state index is -0.224. The van der Waals surface area contributed by atoms with Crippen molar-refractivity contribution in [2.75, 3.05) is 6.54 Å². The van der Waals surface area contributed by atoms with Gasteiger partial charge in [-0.3, -0.25) is 0 Å². The average molecular weight is 260 g/mol. The molecule has 1 aromatic heterocycles. The second kappa shape index (κ2) is 7.01. The van der Waals surface area contributed by atoms with E-state index in [-0.39, 0.29) is 6.10 Å². The van der Waals surface area contributed by atoms with E-state index >= 15 is 0 Å². The molecule has 5 heteroatoms. The summed E-state index contributed by atoms with van der Waals surface area (Å²) >= 11 is 0. The highest BCUT2D eigenvalue weighted by Gasteiger charge is 2.09. The fourth-order valence-corrected chi connectivity index (χ4v) is 1.88. The Balaban J connectivity index is 1.90. The lowest BCUT2D eigenvalue weighted by Gasteiger charge is -2.08. The highest BCUT2D eigenvalue weighted by molar-refractivity contribution is 5.60. The summed E-state index contributed by atoms with van der Waals surface area (Å²) in [6, 6.07) is 9.98. The number of nitrogens with one attached hydrogen (secondary N) is 2. The average Bonchev–Trinajstić information content (AvgIpc) is 2.92. The van der Waals surface area contributed by atoms with E-state index in [2.05, 4.69) is 20.7 Å². The lowest BCUT2D eigenvalue weighted by molar-refractivity contribution is 0.159. The van der Waals surface area contributed by atoms with Crippen molar-refractivity contribution in [3.8, 4) is 11.3 Å². The van der Waals surface area contributed by atoms with E-state index in [4.69, 9.17) is 0 Å². The topological polar surface area (TPSA) is 73.8 Å². The van der Waals surface area contributed by atoms with Gasteiger partial charge in [-0.15, -0.1) is 0 Å². The summed E-state index contributed by atoms with van der Waals surface area (Å²) in [7, 11) is 0. The summed E-state index contributed by atoms with van der Waals surface area (Å²) in [5, 5.41) is 23.8. The number of hydrogen-bond donors (Lipinski definition) is 3. The normalized spacial score (nSPS) is 12.5. The van der Waals surface area contributed by atoms with E-state index in [0.29, 0.717) is 6.54 Å². The number of aliphatic hydroxyl groups is 1. The van der Waals surface area contributed by atoms with Crippen molar-refractivity contribution >= 4 is 0 Å². The minimum absolute atomic E-state index is 0.224. The van der Waals surface area contributed by atoms with Gasteiger partial charge in [0.1, 0.15) is 11.4 Å². The smallest absolute Gasteiger partial charge is 0.117 e. The van der Waals surface area contributed by atoms with Crippen LogP contribution in [0.1, 0.15) is 25.5 Å². The Labute approximate surface area is 113 Å². The molecule has 5 nitrogen and oxygen atoms in total. The zero-order chi connectivity index (χ0) is 13.5. The number of H-pyrrole nitrogens is 1. The van der Waals surface area contributed by atoms with Gasteiger partial charge in [-0.1, -0.05) is 37.3 Å². The standard InChI is InChI=1S/C14H20N4O/c1-2-12(19)8-9-15-10-13-14(17-18-16-13)11-6-4-3-5-7-11/h3-7,12,15,19H,2,8-10H2,1H3,(H,16,17,18). The lowest BCUT2D eigenvalue weighted by atomic mass is 10.1. The number of rotatable bonds is 7. The number of aromatic amines is 1. The molecular formula is C14H20N4O. The molecule has 1 atom stereocenters. The number of benzene rings is 1. The van der Waals surface area contributed by atoms with Gasteiger partial charge in [-0.2, -0.15) is 15.4 Å². The first-order valence-corrected chi connectivity index (χ1v) is 6.65. The fourth-order valence-electron chi connectivity index (χ4n) is 1.88. The molecule has 19 heavy (non-hydrogen) atoms. The molecule has 0 radical (unpaired) electrons. The first-order valence-electron chi connectivity index (χ1n) is 6.65. The van der Waals surface area contributed by atoms with Crippen molar-refractivity contribution in [3.63, 3.8) is 0 Å². The van der Waals surface area contributed by atoms with Gasteiger partial charge in [0.25, 0.3) is 0 Å².